The Balaban J connectivity index is 1.54. The van der Waals surface area contributed by atoms with Gasteiger partial charge in [0.25, 0.3) is 0 Å². The van der Waals surface area contributed by atoms with E-state index in [0.717, 1.165) is 5.56 Å². The first-order valence-corrected chi connectivity index (χ1v) is 8.39. The summed E-state index contributed by atoms with van der Waals surface area (Å²) in [6.07, 6.45) is 1.79. The van der Waals surface area contributed by atoms with Gasteiger partial charge in [-0.15, -0.1) is 0 Å². The van der Waals surface area contributed by atoms with Gasteiger partial charge in [-0.1, -0.05) is 6.07 Å². The third kappa shape index (κ3) is 3.99. The molecule has 0 saturated carbocycles. The molecule has 0 aliphatic carbocycles. The summed E-state index contributed by atoms with van der Waals surface area (Å²) in [7, 11) is 3.14. The minimum atomic E-state index is -0.349. The van der Waals surface area contributed by atoms with E-state index in [4.69, 9.17) is 13.9 Å². The lowest BCUT2D eigenvalue weighted by Gasteiger charge is -2.15. The molecule has 1 aromatic heterocycles. The Kier molecular flexibility index (Phi) is 5.46. The zero-order chi connectivity index (χ0) is 18.5. The molecule has 0 radical (unpaired) electrons. The van der Waals surface area contributed by atoms with Gasteiger partial charge in [-0.25, -0.2) is 0 Å². The van der Waals surface area contributed by atoms with E-state index < -0.39 is 0 Å². The summed E-state index contributed by atoms with van der Waals surface area (Å²) in [5.74, 6) is 1.45. The van der Waals surface area contributed by atoms with Crippen molar-refractivity contribution in [2.24, 2.45) is 5.92 Å². The summed E-state index contributed by atoms with van der Waals surface area (Å²) in [4.78, 5) is 26.2. The van der Waals surface area contributed by atoms with Crippen LogP contribution in [0.1, 0.15) is 17.7 Å². The quantitative estimate of drug-likeness (QED) is 0.818. The summed E-state index contributed by atoms with van der Waals surface area (Å²) in [6, 6.07) is 9.08. The Morgan fingerprint density at radius 1 is 1.27 bits per heavy atom. The highest BCUT2D eigenvalue weighted by Gasteiger charge is 2.34. The van der Waals surface area contributed by atoms with Crippen LogP contribution in [0.15, 0.2) is 41.0 Å². The van der Waals surface area contributed by atoms with Crippen molar-refractivity contribution in [2.75, 3.05) is 20.8 Å². The number of methoxy groups -OCH3 is 2. The number of nitrogens with zero attached hydrogens (tertiary/aromatic N) is 1. The Hall–Kier alpha value is -2.96. The molecule has 0 bridgehead atoms. The van der Waals surface area contributed by atoms with Crippen molar-refractivity contribution in [3.63, 3.8) is 0 Å². The van der Waals surface area contributed by atoms with E-state index in [1.807, 2.05) is 18.2 Å². The molecule has 1 aliphatic rings. The van der Waals surface area contributed by atoms with Crippen LogP contribution in [0.4, 0.5) is 0 Å². The normalized spacial score (nSPS) is 16.6. The molecule has 1 aliphatic heterocycles. The average molecular weight is 358 g/mol. The Morgan fingerprint density at radius 2 is 2.08 bits per heavy atom. The van der Waals surface area contributed by atoms with E-state index >= 15 is 0 Å². The maximum Gasteiger partial charge on any atom is 0.225 e. The van der Waals surface area contributed by atoms with Crippen LogP contribution in [-0.4, -0.2) is 37.5 Å². The van der Waals surface area contributed by atoms with E-state index in [9.17, 15) is 9.59 Å². The largest absolute Gasteiger partial charge is 0.493 e. The molecule has 1 N–H and O–H groups in total. The summed E-state index contributed by atoms with van der Waals surface area (Å²) in [5.41, 5.74) is 0.896. The molecule has 2 amide bonds. The molecule has 2 aromatic rings. The summed E-state index contributed by atoms with van der Waals surface area (Å²) in [6.45, 7) is 1.16. The highest BCUT2D eigenvalue weighted by atomic mass is 16.5. The molecule has 0 spiro atoms. The van der Waals surface area contributed by atoms with Crippen LogP contribution >= 0.6 is 0 Å². The van der Waals surface area contributed by atoms with Gasteiger partial charge in [0, 0.05) is 19.5 Å². The van der Waals surface area contributed by atoms with Crippen molar-refractivity contribution in [3.8, 4) is 11.5 Å². The fourth-order valence-corrected chi connectivity index (χ4v) is 3.02. The van der Waals surface area contributed by atoms with Crippen LogP contribution < -0.4 is 14.8 Å². The monoisotopic (exact) mass is 358 g/mol. The molecule has 138 valence electrons. The van der Waals surface area contributed by atoms with Gasteiger partial charge >= 0.3 is 0 Å². The molecular formula is C19H22N2O5. The molecule has 1 atom stereocenters. The Labute approximate surface area is 151 Å². The van der Waals surface area contributed by atoms with Gasteiger partial charge in [-0.05, 0) is 29.8 Å². The third-order valence-electron chi connectivity index (χ3n) is 4.43. The molecule has 2 heterocycles. The van der Waals surface area contributed by atoms with Crippen molar-refractivity contribution in [3.05, 3.63) is 47.9 Å². The smallest absolute Gasteiger partial charge is 0.225 e. The third-order valence-corrected chi connectivity index (χ3v) is 4.43. The summed E-state index contributed by atoms with van der Waals surface area (Å²) < 4.78 is 15.7. The zero-order valence-electron chi connectivity index (χ0n) is 14.9. The summed E-state index contributed by atoms with van der Waals surface area (Å²) in [5, 5.41) is 2.89. The minimum absolute atomic E-state index is 0.0346. The lowest BCUT2D eigenvalue weighted by atomic mass is 10.1. The number of furan rings is 1. The first-order valence-electron chi connectivity index (χ1n) is 8.39. The molecule has 7 nitrogen and oxygen atoms in total. The molecule has 0 unspecified atom stereocenters. The maximum absolute atomic E-state index is 12.4. The van der Waals surface area contributed by atoms with Gasteiger partial charge in [0.05, 0.1) is 32.9 Å². The standard InChI is InChI=1S/C19H22N2O5/c1-24-16-6-5-13(8-17(16)25-2)10-20-19(23)14-9-18(22)21(11-14)12-15-4-3-7-26-15/h3-8,14H,9-12H2,1-2H3,(H,20,23)/t14-/m1/s1. The molecular weight excluding hydrogens is 336 g/mol. The number of hydrogen-bond acceptors (Lipinski definition) is 5. The van der Waals surface area contributed by atoms with E-state index in [1.54, 1.807) is 37.5 Å². The molecule has 1 aromatic carbocycles. The van der Waals surface area contributed by atoms with Gasteiger partial charge in [0.2, 0.25) is 11.8 Å². The topological polar surface area (TPSA) is 81.0 Å². The van der Waals surface area contributed by atoms with Crippen LogP contribution in [0.5, 0.6) is 11.5 Å². The van der Waals surface area contributed by atoms with Crippen molar-refractivity contribution in [1.29, 1.82) is 0 Å². The van der Waals surface area contributed by atoms with Gasteiger partial charge in [0.15, 0.2) is 11.5 Å². The zero-order valence-corrected chi connectivity index (χ0v) is 14.9. The van der Waals surface area contributed by atoms with Gasteiger partial charge < -0.3 is 24.1 Å². The van der Waals surface area contributed by atoms with Crippen molar-refractivity contribution in [2.45, 2.75) is 19.5 Å². The van der Waals surface area contributed by atoms with E-state index in [1.165, 1.54) is 0 Å². The van der Waals surface area contributed by atoms with E-state index in [-0.39, 0.29) is 24.2 Å². The molecule has 26 heavy (non-hydrogen) atoms. The fraction of sp³-hybridized carbons (Fsp3) is 0.368. The predicted molar refractivity (Wildman–Crippen MR) is 93.6 cm³/mol. The Morgan fingerprint density at radius 3 is 2.77 bits per heavy atom. The number of hydrogen-bond donors (Lipinski definition) is 1. The predicted octanol–water partition coefficient (Wildman–Crippen LogP) is 1.96. The van der Waals surface area contributed by atoms with E-state index in [2.05, 4.69) is 5.32 Å². The average Bonchev–Trinajstić information content (AvgIpc) is 3.30. The number of amides is 2. The van der Waals surface area contributed by atoms with Gasteiger partial charge in [-0.2, -0.15) is 0 Å². The van der Waals surface area contributed by atoms with Crippen LogP contribution in [0.2, 0.25) is 0 Å². The number of ether oxygens (including phenoxy) is 2. The van der Waals surface area contributed by atoms with Crippen LogP contribution in [0.25, 0.3) is 0 Å². The first kappa shape index (κ1) is 17.8. The number of likely N-dealkylation sites (tertiary alicyclic amines) is 1. The SMILES string of the molecule is COc1ccc(CNC(=O)[C@@H]2CC(=O)N(Cc3ccco3)C2)cc1OC. The van der Waals surface area contributed by atoms with Crippen molar-refractivity contribution < 1.29 is 23.5 Å². The Bertz CT molecular complexity index is 772. The first-order chi connectivity index (χ1) is 12.6. The highest BCUT2D eigenvalue weighted by Crippen LogP contribution is 2.27. The molecule has 3 rings (SSSR count). The second-order valence-electron chi connectivity index (χ2n) is 6.16. The molecule has 1 saturated heterocycles. The van der Waals surface area contributed by atoms with E-state index in [0.29, 0.717) is 36.9 Å². The fourth-order valence-electron chi connectivity index (χ4n) is 3.02. The lowest BCUT2D eigenvalue weighted by Crippen LogP contribution is -2.32. The minimum Gasteiger partial charge on any atom is -0.493 e. The lowest BCUT2D eigenvalue weighted by molar-refractivity contribution is -0.129. The molecule has 7 heteroatoms. The van der Waals surface area contributed by atoms with Gasteiger partial charge in [-0.3, -0.25) is 9.59 Å². The number of carbonyl (C=O) groups excluding carboxylic acids is 2. The number of benzene rings is 1. The second-order valence-corrected chi connectivity index (χ2v) is 6.16. The number of rotatable bonds is 7. The highest BCUT2D eigenvalue weighted by molar-refractivity contribution is 5.89. The maximum atomic E-state index is 12.4. The molecule has 1 fully saturated rings. The van der Waals surface area contributed by atoms with Gasteiger partial charge in [0.1, 0.15) is 5.76 Å². The number of nitrogens with one attached hydrogen (secondary N) is 1. The van der Waals surface area contributed by atoms with Crippen LogP contribution in [0, 0.1) is 5.92 Å². The van der Waals surface area contributed by atoms with Crippen molar-refractivity contribution >= 4 is 11.8 Å². The number of carbonyl (C=O) groups is 2. The second kappa shape index (κ2) is 7.95. The van der Waals surface area contributed by atoms with Crippen molar-refractivity contribution in [1.82, 2.24) is 10.2 Å². The van der Waals surface area contributed by atoms with Crippen LogP contribution in [-0.2, 0) is 22.7 Å². The van der Waals surface area contributed by atoms with Crippen LogP contribution in [0.3, 0.4) is 0 Å². The summed E-state index contributed by atoms with van der Waals surface area (Å²) >= 11 is 0.